The summed E-state index contributed by atoms with van der Waals surface area (Å²) < 4.78 is 91.4. The van der Waals surface area contributed by atoms with Crippen LogP contribution in [0.25, 0.3) is 33.4 Å². The molecular formula is C106H126F4N6O12S. The Hall–Kier alpha value is -10.1. The predicted molar refractivity (Wildman–Crippen MR) is 496 cm³/mol. The summed E-state index contributed by atoms with van der Waals surface area (Å²) in [5.74, 6) is 0.303. The van der Waals surface area contributed by atoms with Crippen molar-refractivity contribution in [3.05, 3.63) is 230 Å². The number of pyridine rings is 3. The fourth-order valence-electron chi connectivity index (χ4n) is 21.2. The van der Waals surface area contributed by atoms with E-state index in [1.165, 1.54) is 119 Å². The standard InChI is InChI=1S/3C35H41FN2O4.CH3FS/c3*1-22(35(39)40)34(24-7-6-8-24)26-10-9-23-12-14-31(42-32(23)18-26)25-11-13-28(29-19-33(41-2)37-20-30(29)36)27(17-25)21-38-15-4-3-5-16-38;1-3-2/h3*9-11,13,17-20,22,24,31,34H,3-8,12,14-16,21H2,1-2H3,(H,39,40);1H3/t22-,31?,34-;22-,31+,34-;22-,31-,34-;/m000./s1. The van der Waals surface area contributed by atoms with Crippen LogP contribution in [0.15, 0.2) is 146 Å². The van der Waals surface area contributed by atoms with Crippen LogP contribution >= 0.6 is 12.1 Å². The number of fused-ring (bicyclic) bond motifs is 3. The third-order valence-corrected chi connectivity index (χ3v) is 29.0. The molecule has 0 amide bonds. The Morgan fingerprint density at radius 1 is 0.380 bits per heavy atom. The van der Waals surface area contributed by atoms with E-state index in [0.717, 1.165) is 220 Å². The van der Waals surface area contributed by atoms with Crippen molar-refractivity contribution in [2.24, 2.45) is 35.5 Å². The molecule has 6 aliphatic heterocycles. The number of piperidine rings is 3. The summed E-state index contributed by atoms with van der Waals surface area (Å²) in [4.78, 5) is 55.4. The molecule has 23 heteroatoms. The summed E-state index contributed by atoms with van der Waals surface area (Å²) in [7, 11) is 4.63. The molecule has 3 saturated heterocycles. The molecule has 18 nitrogen and oxygen atoms in total. The van der Waals surface area contributed by atoms with Gasteiger partial charge in [-0.05, 0) is 292 Å². The van der Waals surface area contributed by atoms with E-state index in [9.17, 15) is 33.6 Å². The lowest BCUT2D eigenvalue weighted by Crippen LogP contribution is -2.30. The van der Waals surface area contributed by atoms with Crippen LogP contribution in [0.4, 0.5) is 17.1 Å². The Bertz CT molecular complexity index is 4850. The minimum Gasteiger partial charge on any atom is -0.485 e. The Morgan fingerprint density at radius 3 is 0.876 bits per heavy atom. The fourth-order valence-corrected chi connectivity index (χ4v) is 21.2. The molecule has 9 heterocycles. The first-order valence-electron chi connectivity index (χ1n) is 47.0. The van der Waals surface area contributed by atoms with Crippen LogP contribution in [0.5, 0.6) is 34.9 Å². The number of methoxy groups -OCH3 is 3. The number of rotatable bonds is 27. The number of hydrogen-bond acceptors (Lipinski definition) is 16. The summed E-state index contributed by atoms with van der Waals surface area (Å²) >= 11 is 0.250. The number of benzene rings is 6. The smallest absolute Gasteiger partial charge is 0.306 e. The van der Waals surface area contributed by atoms with Gasteiger partial charge in [0.25, 0.3) is 0 Å². The zero-order valence-corrected chi connectivity index (χ0v) is 76.6. The van der Waals surface area contributed by atoms with Crippen LogP contribution in [0.2, 0.25) is 0 Å². The molecule has 3 aliphatic carbocycles. The van der Waals surface area contributed by atoms with E-state index >= 15 is 13.2 Å². The van der Waals surface area contributed by atoms with E-state index in [-0.39, 0.29) is 65.7 Å². The predicted octanol–water partition coefficient (Wildman–Crippen LogP) is 23.9. The summed E-state index contributed by atoms with van der Waals surface area (Å²) in [6, 6.07) is 42.9. The lowest BCUT2D eigenvalue weighted by atomic mass is 9.68. The minimum atomic E-state index is -0.743. The largest absolute Gasteiger partial charge is 0.485 e. The summed E-state index contributed by atoms with van der Waals surface area (Å²) in [5, 5.41) is 29.5. The third-order valence-electron chi connectivity index (χ3n) is 29.0. The maximum absolute atomic E-state index is 15.1. The Morgan fingerprint density at radius 2 is 0.643 bits per heavy atom. The van der Waals surface area contributed by atoms with Gasteiger partial charge in [-0.15, -0.1) is 0 Å². The van der Waals surface area contributed by atoms with Gasteiger partial charge >= 0.3 is 17.9 Å². The molecule has 6 aromatic carbocycles. The Balaban J connectivity index is 0.000000146. The molecule has 0 radical (unpaired) electrons. The normalized spacial score (nSPS) is 20.3. The topological polar surface area (TPSA) is 216 Å². The number of nitrogens with zero attached hydrogens (tertiary/aromatic N) is 6. The second-order valence-corrected chi connectivity index (χ2v) is 37.4. The van der Waals surface area contributed by atoms with E-state index in [4.69, 9.17) is 28.4 Å². The van der Waals surface area contributed by atoms with Crippen molar-refractivity contribution in [1.82, 2.24) is 29.7 Å². The lowest BCUT2D eigenvalue weighted by molar-refractivity contribution is -0.143. The first kappa shape index (κ1) is 93.6. The molecule has 1 unspecified atom stereocenters. The highest BCUT2D eigenvalue weighted by Crippen LogP contribution is 2.51. The molecular weight excluding hydrogens is 1660 g/mol. The van der Waals surface area contributed by atoms with Crippen LogP contribution in [0.1, 0.15) is 258 Å². The van der Waals surface area contributed by atoms with Crippen molar-refractivity contribution in [2.75, 3.05) is 66.9 Å². The van der Waals surface area contributed by atoms with Crippen molar-refractivity contribution in [2.45, 2.75) is 231 Å². The third kappa shape index (κ3) is 22.4. The molecule has 129 heavy (non-hydrogen) atoms. The quantitative estimate of drug-likeness (QED) is 0.0408. The van der Waals surface area contributed by atoms with Crippen LogP contribution in [-0.4, -0.2) is 130 Å². The van der Waals surface area contributed by atoms with Gasteiger partial charge in [-0.1, -0.05) is 150 Å². The van der Waals surface area contributed by atoms with Crippen LogP contribution in [-0.2, 0) is 53.3 Å². The van der Waals surface area contributed by atoms with Gasteiger partial charge in [-0.2, -0.15) is 3.89 Å². The summed E-state index contributed by atoms with van der Waals surface area (Å²) in [6.45, 7) is 14.0. The van der Waals surface area contributed by atoms with Gasteiger partial charge in [0.2, 0.25) is 17.6 Å². The van der Waals surface area contributed by atoms with Gasteiger partial charge in [-0.25, -0.2) is 28.1 Å². The zero-order chi connectivity index (χ0) is 90.4. The van der Waals surface area contributed by atoms with Crippen molar-refractivity contribution in [3.63, 3.8) is 0 Å². The number of hydrogen-bond donors (Lipinski definition) is 3. The number of aromatic nitrogens is 3. The molecule has 3 aromatic heterocycles. The van der Waals surface area contributed by atoms with E-state index in [2.05, 4.69) is 121 Å². The van der Waals surface area contributed by atoms with Crippen molar-refractivity contribution in [1.29, 1.82) is 0 Å². The molecule has 9 aliphatic rings. The van der Waals surface area contributed by atoms with Gasteiger partial charge in [0.05, 0.1) is 57.7 Å². The molecule has 9 atom stereocenters. The van der Waals surface area contributed by atoms with Gasteiger partial charge in [0.1, 0.15) is 53.0 Å². The first-order chi connectivity index (χ1) is 62.6. The number of aryl methyl sites for hydroxylation is 3. The number of carboxylic acids is 3. The SMILES string of the molecule is COc1cc(-c2ccc(C3CCc4ccc([C@H](C5CCC5)[C@H](C)C(=O)O)cc4O3)cc2CN2CCCCC2)c(F)cn1.COc1cc(-c2ccc([C@@H]3CCc4ccc([C@H](C5CCC5)[C@H](C)C(=O)O)cc4O3)cc2CN2CCCCC2)c(F)cn1.COc1cc(-c2ccc([C@H]3CCc4ccc([C@H](C5CCC5)[C@H](C)C(=O)O)cc4O3)cc2CN2CCCCC2)c(F)cn1.CSF. The number of halogens is 4. The second kappa shape index (κ2) is 43.8. The van der Waals surface area contributed by atoms with Crippen molar-refractivity contribution >= 4 is 30.1 Å². The van der Waals surface area contributed by atoms with Crippen LogP contribution in [0, 0.1) is 53.0 Å². The van der Waals surface area contributed by atoms with E-state index in [0.29, 0.717) is 52.1 Å². The van der Waals surface area contributed by atoms with Gasteiger partial charge in [0, 0.05) is 72.9 Å². The highest BCUT2D eigenvalue weighted by atomic mass is 32.2. The van der Waals surface area contributed by atoms with E-state index in [1.54, 1.807) is 39.5 Å². The number of ether oxygens (including phenoxy) is 6. The monoisotopic (exact) mass is 1780 g/mol. The number of carboxylic acid groups (broad SMARTS) is 3. The molecule has 686 valence electrons. The van der Waals surface area contributed by atoms with E-state index < -0.39 is 35.7 Å². The molecule has 9 aromatic rings. The molecule has 3 N–H and O–H groups in total. The molecule has 18 rings (SSSR count). The maximum Gasteiger partial charge on any atom is 0.306 e. The second-order valence-electron chi connectivity index (χ2n) is 37.1. The molecule has 3 saturated carbocycles. The van der Waals surface area contributed by atoms with Crippen molar-refractivity contribution < 1.29 is 75.2 Å². The fraction of sp³-hybridized carbons (Fsp3) is 0.491. The molecule has 0 spiro atoms. The van der Waals surface area contributed by atoms with Gasteiger partial charge < -0.3 is 43.7 Å². The highest BCUT2D eigenvalue weighted by Gasteiger charge is 2.41. The summed E-state index contributed by atoms with van der Waals surface area (Å²) in [6.07, 6.45) is 30.8. The average Bonchev–Trinajstić information content (AvgIpc) is 0.780. The highest BCUT2D eigenvalue weighted by molar-refractivity contribution is 7.93. The Kier molecular flexibility index (Phi) is 31.8. The van der Waals surface area contributed by atoms with Crippen LogP contribution < -0.4 is 28.4 Å². The first-order valence-corrected chi connectivity index (χ1v) is 48.1. The van der Waals surface area contributed by atoms with Gasteiger partial charge in [0.15, 0.2) is 0 Å². The zero-order valence-electron chi connectivity index (χ0n) is 75.7. The molecule has 0 bridgehead atoms. The van der Waals surface area contributed by atoms with E-state index in [1.807, 2.05) is 39.0 Å². The Labute approximate surface area is 761 Å². The number of carbonyl (C=O) groups is 3. The van der Waals surface area contributed by atoms with Crippen molar-refractivity contribution in [3.8, 4) is 68.3 Å². The lowest BCUT2D eigenvalue weighted by Gasteiger charge is -2.37. The van der Waals surface area contributed by atoms with Gasteiger partial charge in [-0.3, -0.25) is 29.1 Å². The number of aliphatic carboxylic acids is 3. The van der Waals surface area contributed by atoms with Crippen LogP contribution in [0.3, 0.4) is 0 Å². The summed E-state index contributed by atoms with van der Waals surface area (Å²) in [5.41, 5.74) is 17.2. The minimum absolute atomic E-state index is 0.00629. The molecule has 6 fully saturated rings. The average molecular weight is 1780 g/mol. The number of likely N-dealkylation sites (tertiary alicyclic amines) is 3. The maximum atomic E-state index is 15.1.